The second-order valence-corrected chi connectivity index (χ2v) is 8.15. The fourth-order valence-electron chi connectivity index (χ4n) is 4.25. The number of benzene rings is 3. The number of amides is 3. The Labute approximate surface area is 199 Å². The first-order chi connectivity index (χ1) is 16.6. The van der Waals surface area contributed by atoms with E-state index in [0.717, 1.165) is 22.6 Å². The lowest BCUT2D eigenvalue weighted by atomic mass is 9.83. The van der Waals surface area contributed by atoms with Crippen LogP contribution >= 0.6 is 0 Å². The fourth-order valence-corrected chi connectivity index (χ4v) is 4.25. The van der Waals surface area contributed by atoms with Crippen molar-refractivity contribution in [3.63, 3.8) is 0 Å². The third-order valence-corrected chi connectivity index (χ3v) is 5.92. The Morgan fingerprint density at radius 3 is 1.80 bits per heavy atom. The minimum absolute atomic E-state index is 0.141. The van der Waals surface area contributed by atoms with Crippen LogP contribution in [0.2, 0.25) is 0 Å². The number of halogens is 3. The molecule has 1 N–H and O–H groups in total. The van der Waals surface area contributed by atoms with Crippen LogP contribution in [0.5, 0.6) is 0 Å². The maximum atomic E-state index is 13.3. The maximum absolute atomic E-state index is 13.3. The number of rotatable bonds is 6. The van der Waals surface area contributed by atoms with Gasteiger partial charge in [0.2, 0.25) is 0 Å². The van der Waals surface area contributed by atoms with E-state index < -0.39 is 41.4 Å². The average molecular weight is 482 g/mol. The van der Waals surface area contributed by atoms with E-state index >= 15 is 0 Å². The Bertz CT molecular complexity index is 1240. The Hall–Kier alpha value is -3.98. The topological polar surface area (TPSA) is 75.7 Å². The molecule has 3 aromatic rings. The second-order valence-electron chi connectivity index (χ2n) is 8.15. The van der Waals surface area contributed by atoms with Crippen molar-refractivity contribution in [1.29, 1.82) is 0 Å². The number of fused-ring (bicyclic) bond motifs is 1. The molecule has 3 aromatic carbocycles. The van der Waals surface area contributed by atoms with Gasteiger partial charge in [0.1, 0.15) is 6.04 Å². The van der Waals surface area contributed by atoms with E-state index in [2.05, 4.69) is 5.48 Å². The molecule has 0 unspecified atom stereocenters. The predicted octanol–water partition coefficient (Wildman–Crippen LogP) is 4.49. The highest BCUT2D eigenvalue weighted by Gasteiger charge is 2.47. The van der Waals surface area contributed by atoms with E-state index in [4.69, 9.17) is 4.84 Å². The number of hydrogen-bond acceptors (Lipinski definition) is 4. The number of alkyl halides is 3. The zero-order valence-electron chi connectivity index (χ0n) is 18.8. The highest BCUT2D eigenvalue weighted by Crippen LogP contribution is 2.37. The minimum Gasteiger partial charge on any atom is -0.277 e. The summed E-state index contributed by atoms with van der Waals surface area (Å²) in [6.07, 6.45) is -4.55. The van der Waals surface area contributed by atoms with Crippen molar-refractivity contribution < 1.29 is 32.4 Å². The summed E-state index contributed by atoms with van der Waals surface area (Å²) < 4.78 is 39.6. The standard InChI is InChI=1S/C26H21F3N2O4/c1-15-7-9-16(10-8-15)21(17-11-13-18(14-12-17)26(27,28)29)22(23(32)30-35-2)31-24(33)19-5-3-4-6-20(19)25(31)34/h3-14,21-22H,1-2H3,(H,30,32)/t21-,22+/m1/s1. The molecule has 0 fully saturated rings. The van der Waals surface area contributed by atoms with E-state index in [1.54, 1.807) is 36.4 Å². The number of nitrogens with zero attached hydrogens (tertiary/aromatic N) is 1. The van der Waals surface area contributed by atoms with Gasteiger partial charge in [-0.15, -0.1) is 0 Å². The highest BCUT2D eigenvalue weighted by atomic mass is 19.4. The summed E-state index contributed by atoms with van der Waals surface area (Å²) in [5.41, 5.74) is 3.38. The molecule has 1 aliphatic heterocycles. The van der Waals surface area contributed by atoms with Crippen LogP contribution in [0.25, 0.3) is 0 Å². The van der Waals surface area contributed by atoms with Crippen LogP contribution in [-0.2, 0) is 15.8 Å². The lowest BCUT2D eigenvalue weighted by Gasteiger charge is -2.33. The fraction of sp³-hybridized carbons (Fsp3) is 0.192. The van der Waals surface area contributed by atoms with Crippen LogP contribution in [-0.4, -0.2) is 35.8 Å². The summed E-state index contributed by atoms with van der Waals surface area (Å²) in [5.74, 6) is -3.13. The molecule has 35 heavy (non-hydrogen) atoms. The van der Waals surface area contributed by atoms with E-state index in [-0.39, 0.29) is 11.1 Å². The first-order valence-corrected chi connectivity index (χ1v) is 10.7. The van der Waals surface area contributed by atoms with Crippen LogP contribution in [0.3, 0.4) is 0 Å². The molecule has 9 heteroatoms. The molecule has 180 valence electrons. The largest absolute Gasteiger partial charge is 0.416 e. The van der Waals surface area contributed by atoms with Crippen LogP contribution in [0.1, 0.15) is 48.9 Å². The second kappa shape index (κ2) is 9.34. The Morgan fingerprint density at radius 2 is 1.34 bits per heavy atom. The summed E-state index contributed by atoms with van der Waals surface area (Å²) in [6.45, 7) is 1.86. The van der Waals surface area contributed by atoms with Crippen molar-refractivity contribution >= 4 is 17.7 Å². The number of carbonyl (C=O) groups is 3. The van der Waals surface area contributed by atoms with Gasteiger partial charge in [-0.05, 0) is 42.3 Å². The molecule has 4 rings (SSSR count). The quantitative estimate of drug-likeness (QED) is 0.415. The normalized spacial score (nSPS) is 15.1. The smallest absolute Gasteiger partial charge is 0.277 e. The van der Waals surface area contributed by atoms with Crippen molar-refractivity contribution in [2.75, 3.05) is 7.11 Å². The summed E-state index contributed by atoms with van der Waals surface area (Å²) in [5, 5.41) is 0. The number of hydroxylamine groups is 1. The van der Waals surface area contributed by atoms with Gasteiger partial charge in [-0.1, -0.05) is 54.1 Å². The molecule has 1 heterocycles. The van der Waals surface area contributed by atoms with Gasteiger partial charge in [-0.25, -0.2) is 5.48 Å². The summed E-state index contributed by atoms with van der Waals surface area (Å²) in [4.78, 5) is 45.5. The number of nitrogens with one attached hydrogen (secondary N) is 1. The van der Waals surface area contributed by atoms with Gasteiger partial charge >= 0.3 is 6.18 Å². The highest BCUT2D eigenvalue weighted by molar-refractivity contribution is 6.23. The molecular formula is C26H21F3N2O4. The molecule has 0 saturated heterocycles. The number of imide groups is 1. The molecule has 0 aromatic heterocycles. The van der Waals surface area contributed by atoms with E-state index in [1.807, 2.05) is 6.92 Å². The zero-order chi connectivity index (χ0) is 25.3. The van der Waals surface area contributed by atoms with Crippen LogP contribution in [0.4, 0.5) is 13.2 Å². The molecule has 3 amide bonds. The third-order valence-electron chi connectivity index (χ3n) is 5.92. The first kappa shape index (κ1) is 24.2. The molecule has 0 saturated carbocycles. The Balaban J connectivity index is 1.89. The molecule has 1 aliphatic rings. The Kier molecular flexibility index (Phi) is 6.45. The van der Waals surface area contributed by atoms with E-state index in [0.29, 0.717) is 11.1 Å². The lowest BCUT2D eigenvalue weighted by molar-refractivity contribution is -0.138. The maximum Gasteiger partial charge on any atom is 0.416 e. The first-order valence-electron chi connectivity index (χ1n) is 10.7. The van der Waals surface area contributed by atoms with Crippen molar-refractivity contribution in [3.05, 3.63) is 106 Å². The number of carbonyl (C=O) groups excluding carboxylic acids is 3. The van der Waals surface area contributed by atoms with Gasteiger partial charge in [-0.3, -0.25) is 24.1 Å². The molecule has 0 spiro atoms. The van der Waals surface area contributed by atoms with Crippen LogP contribution < -0.4 is 5.48 Å². The van der Waals surface area contributed by atoms with Gasteiger partial charge in [0, 0.05) is 5.92 Å². The number of hydrogen-bond donors (Lipinski definition) is 1. The van der Waals surface area contributed by atoms with Crippen LogP contribution in [0.15, 0.2) is 72.8 Å². The molecule has 0 aliphatic carbocycles. The molecule has 2 atom stereocenters. The summed E-state index contributed by atoms with van der Waals surface area (Å²) in [6, 6.07) is 16.0. The monoisotopic (exact) mass is 482 g/mol. The summed E-state index contributed by atoms with van der Waals surface area (Å²) in [7, 11) is 1.20. The van der Waals surface area contributed by atoms with Gasteiger partial charge in [0.25, 0.3) is 17.7 Å². The SMILES string of the molecule is CONC(=O)[C@H]([C@H](c1ccc(C)cc1)c1ccc(C(F)(F)F)cc1)N1C(=O)c2ccccc2C1=O. The third kappa shape index (κ3) is 4.54. The number of aryl methyl sites for hydroxylation is 1. The van der Waals surface area contributed by atoms with E-state index in [1.165, 1.54) is 31.4 Å². The van der Waals surface area contributed by atoms with Gasteiger partial charge in [0.15, 0.2) is 0 Å². The average Bonchev–Trinajstić information content (AvgIpc) is 3.08. The zero-order valence-corrected chi connectivity index (χ0v) is 18.8. The van der Waals surface area contributed by atoms with Crippen molar-refractivity contribution in [2.24, 2.45) is 0 Å². The molecule has 0 radical (unpaired) electrons. The molecule has 6 nitrogen and oxygen atoms in total. The van der Waals surface area contributed by atoms with Crippen LogP contribution in [0, 0.1) is 6.92 Å². The molecule has 0 bridgehead atoms. The lowest BCUT2D eigenvalue weighted by Crippen LogP contribution is -2.52. The van der Waals surface area contributed by atoms with Gasteiger partial charge in [-0.2, -0.15) is 13.2 Å². The van der Waals surface area contributed by atoms with Crippen molar-refractivity contribution in [1.82, 2.24) is 10.4 Å². The van der Waals surface area contributed by atoms with Crippen molar-refractivity contribution in [3.8, 4) is 0 Å². The molecular weight excluding hydrogens is 461 g/mol. The Morgan fingerprint density at radius 1 is 0.857 bits per heavy atom. The van der Waals surface area contributed by atoms with Crippen molar-refractivity contribution in [2.45, 2.75) is 25.1 Å². The summed E-state index contributed by atoms with van der Waals surface area (Å²) >= 11 is 0. The van der Waals surface area contributed by atoms with E-state index in [9.17, 15) is 27.6 Å². The van der Waals surface area contributed by atoms with Gasteiger partial charge < -0.3 is 0 Å². The predicted molar refractivity (Wildman–Crippen MR) is 120 cm³/mol. The van der Waals surface area contributed by atoms with Gasteiger partial charge in [0.05, 0.1) is 23.8 Å². The minimum atomic E-state index is -4.55.